The molecule has 0 aliphatic carbocycles. The maximum absolute atomic E-state index is 11.2. The maximum atomic E-state index is 11.2. The standard InChI is InChI=1S/C33H53N5O6/c1-9-24(28(40)33-38-27-19(5)12-13-20(6)29(27)44-33)36-30(41)21(7)34-32(43)26(17(2)3)37-31(42)25(35-22(8)39)16-23-14-10-18(4)11-15-23/h10-15,17,21-22,24-26,28,30-32,34-37,39-43H,9,16H2,1-8H3/t21-,22?,24-,25-,26-,28?,30?,31?,32?/m0/s1. The average Bonchev–Trinajstić information content (AvgIpc) is 3.43. The summed E-state index contributed by atoms with van der Waals surface area (Å²) in [5, 5.41) is 66.7. The highest BCUT2D eigenvalue weighted by Gasteiger charge is 2.32. The van der Waals surface area contributed by atoms with Gasteiger partial charge in [-0.1, -0.05) is 62.7 Å². The van der Waals surface area contributed by atoms with E-state index in [9.17, 15) is 25.5 Å². The molecule has 1 aromatic heterocycles. The third-order valence-corrected chi connectivity index (χ3v) is 8.16. The van der Waals surface area contributed by atoms with Crippen molar-refractivity contribution in [1.29, 1.82) is 0 Å². The highest BCUT2D eigenvalue weighted by atomic mass is 16.4. The van der Waals surface area contributed by atoms with Crippen LogP contribution in [0.15, 0.2) is 40.8 Å². The predicted octanol–water partition coefficient (Wildman–Crippen LogP) is 2.24. The van der Waals surface area contributed by atoms with E-state index in [1.165, 1.54) is 0 Å². The molecule has 1 heterocycles. The van der Waals surface area contributed by atoms with Crippen LogP contribution in [0.3, 0.4) is 0 Å². The molecule has 0 fully saturated rings. The third-order valence-electron chi connectivity index (χ3n) is 8.16. The Morgan fingerprint density at radius 2 is 1.36 bits per heavy atom. The molecule has 0 aliphatic heterocycles. The van der Waals surface area contributed by atoms with Crippen molar-refractivity contribution in [3.05, 3.63) is 64.5 Å². The Bertz CT molecular complexity index is 1260. The van der Waals surface area contributed by atoms with Crippen molar-refractivity contribution < 1.29 is 29.9 Å². The van der Waals surface area contributed by atoms with Gasteiger partial charge in [-0.05, 0) is 70.1 Å². The quantitative estimate of drug-likeness (QED) is 0.102. The Morgan fingerprint density at radius 1 is 0.727 bits per heavy atom. The lowest BCUT2D eigenvalue weighted by atomic mass is 9.99. The first-order valence-electron chi connectivity index (χ1n) is 15.6. The second-order valence-corrected chi connectivity index (χ2v) is 12.4. The molecule has 0 aliphatic rings. The van der Waals surface area contributed by atoms with Crippen LogP contribution in [0.5, 0.6) is 0 Å². The van der Waals surface area contributed by atoms with Gasteiger partial charge in [0.15, 0.2) is 5.58 Å². The lowest BCUT2D eigenvalue weighted by Crippen LogP contribution is -2.62. The molecule has 11 nitrogen and oxygen atoms in total. The molecule has 2 aromatic carbocycles. The molecule has 3 aromatic rings. The van der Waals surface area contributed by atoms with Crippen molar-refractivity contribution in [3.63, 3.8) is 0 Å². The van der Waals surface area contributed by atoms with Gasteiger partial charge in [-0.25, -0.2) is 4.98 Å². The molecular weight excluding hydrogens is 562 g/mol. The van der Waals surface area contributed by atoms with Crippen LogP contribution in [0.2, 0.25) is 0 Å². The largest absolute Gasteiger partial charge is 0.437 e. The summed E-state index contributed by atoms with van der Waals surface area (Å²) in [7, 11) is 0. The van der Waals surface area contributed by atoms with Crippen molar-refractivity contribution in [3.8, 4) is 0 Å². The van der Waals surface area contributed by atoms with E-state index in [4.69, 9.17) is 4.42 Å². The predicted molar refractivity (Wildman–Crippen MR) is 172 cm³/mol. The molecular formula is C33H53N5O6. The summed E-state index contributed by atoms with van der Waals surface area (Å²) in [6, 6.07) is 9.51. The van der Waals surface area contributed by atoms with Crippen molar-refractivity contribution in [2.24, 2.45) is 5.92 Å². The monoisotopic (exact) mass is 615 g/mol. The molecule has 0 saturated carbocycles. The van der Waals surface area contributed by atoms with Gasteiger partial charge in [-0.3, -0.25) is 21.3 Å². The molecule has 0 amide bonds. The summed E-state index contributed by atoms with van der Waals surface area (Å²) >= 11 is 0. The van der Waals surface area contributed by atoms with Gasteiger partial charge in [0.05, 0.1) is 12.1 Å². The Kier molecular flexibility index (Phi) is 13.3. The van der Waals surface area contributed by atoms with Gasteiger partial charge in [-0.15, -0.1) is 0 Å². The number of fused-ring (bicyclic) bond motifs is 1. The molecule has 0 saturated heterocycles. The van der Waals surface area contributed by atoms with Crippen LogP contribution in [0, 0.1) is 26.7 Å². The first-order valence-corrected chi connectivity index (χ1v) is 15.6. The first kappa shape index (κ1) is 36.0. The Balaban J connectivity index is 1.64. The van der Waals surface area contributed by atoms with Gasteiger partial charge >= 0.3 is 0 Å². The number of aromatic nitrogens is 1. The smallest absolute Gasteiger partial charge is 0.226 e. The van der Waals surface area contributed by atoms with E-state index in [2.05, 4.69) is 26.3 Å². The fourth-order valence-corrected chi connectivity index (χ4v) is 5.35. The molecule has 0 bridgehead atoms. The number of benzene rings is 2. The number of aryl methyl sites for hydroxylation is 3. The maximum Gasteiger partial charge on any atom is 0.226 e. The summed E-state index contributed by atoms with van der Waals surface area (Å²) < 4.78 is 5.92. The van der Waals surface area contributed by atoms with E-state index in [-0.39, 0.29) is 11.8 Å². The van der Waals surface area contributed by atoms with Crippen LogP contribution in [0.1, 0.15) is 75.3 Å². The second kappa shape index (κ2) is 16.2. The second-order valence-electron chi connectivity index (χ2n) is 12.4. The highest BCUT2D eigenvalue weighted by Crippen LogP contribution is 2.28. The molecule has 0 radical (unpaired) electrons. The van der Waals surface area contributed by atoms with Crippen molar-refractivity contribution in [2.45, 2.75) is 123 Å². The van der Waals surface area contributed by atoms with Gasteiger partial charge < -0.3 is 29.9 Å². The molecule has 9 atom stereocenters. The molecule has 5 unspecified atom stereocenters. The zero-order chi connectivity index (χ0) is 32.7. The van der Waals surface area contributed by atoms with Gasteiger partial charge in [0.25, 0.3) is 0 Å². The number of rotatable bonds is 17. The zero-order valence-corrected chi connectivity index (χ0v) is 27.2. The number of nitrogens with one attached hydrogen (secondary N) is 4. The lowest BCUT2D eigenvalue weighted by Gasteiger charge is -2.36. The van der Waals surface area contributed by atoms with Crippen molar-refractivity contribution in [1.82, 2.24) is 26.3 Å². The minimum Gasteiger partial charge on any atom is -0.437 e. The fourth-order valence-electron chi connectivity index (χ4n) is 5.35. The number of hydrogen-bond acceptors (Lipinski definition) is 11. The lowest BCUT2D eigenvalue weighted by molar-refractivity contribution is -0.0164. The van der Waals surface area contributed by atoms with E-state index in [1.807, 2.05) is 77.9 Å². The van der Waals surface area contributed by atoms with E-state index >= 15 is 0 Å². The van der Waals surface area contributed by atoms with Gasteiger partial charge in [0, 0.05) is 12.1 Å². The SMILES string of the molecule is CC[C@H](NC(O)[C@H](C)NC(O)[C@@H](NC(O)[C@H](Cc1ccc(C)cc1)NC(C)O)C(C)C)C(O)c1nc2c(C)ccc(C)c2o1. The van der Waals surface area contributed by atoms with Crippen LogP contribution >= 0.6 is 0 Å². The molecule has 11 heteroatoms. The van der Waals surface area contributed by atoms with Crippen LogP contribution in [0.25, 0.3) is 11.1 Å². The summed E-state index contributed by atoms with van der Waals surface area (Å²) in [6.45, 7) is 14.9. The van der Waals surface area contributed by atoms with Crippen LogP contribution < -0.4 is 21.3 Å². The van der Waals surface area contributed by atoms with E-state index < -0.39 is 55.2 Å². The van der Waals surface area contributed by atoms with Gasteiger partial charge in [0.1, 0.15) is 36.5 Å². The number of oxazole rings is 1. The Labute approximate surface area is 261 Å². The summed E-state index contributed by atoms with van der Waals surface area (Å²) in [4.78, 5) is 4.53. The van der Waals surface area contributed by atoms with Crippen molar-refractivity contribution in [2.75, 3.05) is 0 Å². The Hall–Kier alpha value is -2.45. The summed E-state index contributed by atoms with van der Waals surface area (Å²) in [6.07, 6.45) is -4.41. The number of aliphatic hydroxyl groups excluding tert-OH is 5. The number of hydrogen-bond donors (Lipinski definition) is 9. The van der Waals surface area contributed by atoms with Crippen molar-refractivity contribution >= 4 is 11.1 Å². The summed E-state index contributed by atoms with van der Waals surface area (Å²) in [5.74, 6) is 0.0703. The van der Waals surface area contributed by atoms with Crippen LogP contribution in [0.4, 0.5) is 0 Å². The number of aliphatic hydroxyl groups is 5. The van der Waals surface area contributed by atoms with E-state index in [1.54, 1.807) is 13.8 Å². The normalized spacial score (nSPS) is 18.5. The molecule has 0 spiro atoms. The topological polar surface area (TPSA) is 175 Å². The molecule has 9 N–H and O–H groups in total. The average molecular weight is 616 g/mol. The number of nitrogens with zero attached hydrogens (tertiary/aromatic N) is 1. The fraction of sp³-hybridized carbons (Fsp3) is 0.606. The Morgan fingerprint density at radius 3 is 1.93 bits per heavy atom. The van der Waals surface area contributed by atoms with Gasteiger partial charge in [0.2, 0.25) is 5.89 Å². The first-order chi connectivity index (χ1) is 20.7. The van der Waals surface area contributed by atoms with E-state index in [0.717, 1.165) is 22.3 Å². The zero-order valence-electron chi connectivity index (χ0n) is 27.2. The minimum atomic E-state index is -1.14. The highest BCUT2D eigenvalue weighted by molar-refractivity contribution is 5.79. The molecule has 3 rings (SSSR count). The minimum absolute atomic E-state index is 0.104. The molecule has 44 heavy (non-hydrogen) atoms. The molecule has 246 valence electrons. The summed E-state index contributed by atoms with van der Waals surface area (Å²) in [5.41, 5.74) is 5.32. The van der Waals surface area contributed by atoms with Crippen LogP contribution in [-0.2, 0) is 6.42 Å². The van der Waals surface area contributed by atoms with E-state index in [0.29, 0.717) is 23.9 Å². The third kappa shape index (κ3) is 9.53. The van der Waals surface area contributed by atoms with Crippen LogP contribution in [-0.4, -0.2) is 79.6 Å². The van der Waals surface area contributed by atoms with Gasteiger partial charge in [-0.2, -0.15) is 0 Å².